The van der Waals surface area contributed by atoms with E-state index in [4.69, 9.17) is 0 Å². The Labute approximate surface area is 129 Å². The molecule has 0 saturated heterocycles. The molecule has 0 spiro atoms. The second-order valence-corrected chi connectivity index (χ2v) is 5.13. The molecule has 0 amide bonds. The fourth-order valence-electron chi connectivity index (χ4n) is 2.48. The summed E-state index contributed by atoms with van der Waals surface area (Å²) in [4.78, 5) is 26.4. The third kappa shape index (κ3) is 2.40. The number of rotatable bonds is 2. The van der Waals surface area contributed by atoms with Crippen molar-refractivity contribution in [1.29, 1.82) is 0 Å². The molecule has 3 heterocycles. The maximum atomic E-state index is 13.4. The summed E-state index contributed by atoms with van der Waals surface area (Å²) in [6, 6.07) is 9.57. The van der Waals surface area contributed by atoms with Crippen LogP contribution < -0.4 is 5.56 Å². The fraction of sp³-hybridized carbons (Fsp3) is 0. The monoisotopic (exact) mass is 306 g/mol. The summed E-state index contributed by atoms with van der Waals surface area (Å²) in [6.07, 6.45) is 5.03. The van der Waals surface area contributed by atoms with Crippen molar-refractivity contribution in [3.8, 4) is 22.6 Å². The Bertz CT molecular complexity index is 1050. The Balaban J connectivity index is 1.85. The van der Waals surface area contributed by atoms with Crippen LogP contribution in [0.4, 0.5) is 4.39 Å². The molecule has 0 saturated carbocycles. The topological polar surface area (TPSA) is 74.4 Å². The van der Waals surface area contributed by atoms with E-state index >= 15 is 0 Å². The number of nitrogens with zero attached hydrogens (tertiary/aromatic N) is 2. The number of fused-ring (bicyclic) bond motifs is 1. The Kier molecular flexibility index (Phi) is 3.01. The lowest BCUT2D eigenvalue weighted by atomic mass is 10.1. The first-order valence-electron chi connectivity index (χ1n) is 6.99. The fourth-order valence-corrected chi connectivity index (χ4v) is 2.48. The molecule has 1 aromatic carbocycles. The Hall–Kier alpha value is -3.28. The summed E-state index contributed by atoms with van der Waals surface area (Å²) in [5.41, 5.74) is 2.29. The van der Waals surface area contributed by atoms with Gasteiger partial charge in [-0.1, -0.05) is 0 Å². The van der Waals surface area contributed by atoms with Crippen molar-refractivity contribution in [2.45, 2.75) is 0 Å². The van der Waals surface area contributed by atoms with Gasteiger partial charge in [0.2, 0.25) is 0 Å². The predicted molar refractivity (Wildman–Crippen MR) is 85.3 cm³/mol. The number of aromatic amines is 2. The van der Waals surface area contributed by atoms with Crippen molar-refractivity contribution in [1.82, 2.24) is 19.9 Å². The maximum absolute atomic E-state index is 13.4. The van der Waals surface area contributed by atoms with E-state index in [-0.39, 0.29) is 11.4 Å². The molecule has 4 rings (SSSR count). The molecule has 6 heteroatoms. The lowest BCUT2D eigenvalue weighted by Crippen LogP contribution is -2.09. The standard InChI is InChI=1S/C17H11FN4O/c18-12-3-4-14-11(6-12)7-13(17(23)22-14)16-20-9-15(21-16)10-2-1-5-19-8-10/h1-9H,(H,20,21)(H,22,23). The van der Waals surface area contributed by atoms with Crippen molar-refractivity contribution in [3.05, 3.63) is 71.2 Å². The summed E-state index contributed by atoms with van der Waals surface area (Å²) in [7, 11) is 0. The molecule has 0 fully saturated rings. The lowest BCUT2D eigenvalue weighted by Gasteiger charge is -2.01. The molecule has 3 aromatic heterocycles. The van der Waals surface area contributed by atoms with Gasteiger partial charge in [0.05, 0.1) is 17.5 Å². The van der Waals surface area contributed by atoms with E-state index in [9.17, 15) is 9.18 Å². The van der Waals surface area contributed by atoms with Gasteiger partial charge < -0.3 is 9.97 Å². The van der Waals surface area contributed by atoms with Gasteiger partial charge in [0, 0.05) is 28.9 Å². The number of aromatic nitrogens is 4. The Morgan fingerprint density at radius 1 is 1.04 bits per heavy atom. The van der Waals surface area contributed by atoms with Gasteiger partial charge in [0.15, 0.2) is 0 Å². The van der Waals surface area contributed by atoms with Crippen molar-refractivity contribution in [2.24, 2.45) is 0 Å². The predicted octanol–water partition coefficient (Wildman–Crippen LogP) is 3.12. The van der Waals surface area contributed by atoms with Crippen molar-refractivity contribution in [2.75, 3.05) is 0 Å². The zero-order valence-electron chi connectivity index (χ0n) is 11.9. The molecule has 0 aliphatic rings. The summed E-state index contributed by atoms with van der Waals surface area (Å²) in [5.74, 6) is 0.0715. The molecule has 4 aromatic rings. The quantitative estimate of drug-likeness (QED) is 0.597. The highest BCUT2D eigenvalue weighted by molar-refractivity contribution is 5.82. The third-order valence-electron chi connectivity index (χ3n) is 3.61. The first kappa shape index (κ1) is 13.4. The van der Waals surface area contributed by atoms with Gasteiger partial charge in [-0.2, -0.15) is 0 Å². The highest BCUT2D eigenvalue weighted by atomic mass is 19.1. The number of nitrogens with one attached hydrogen (secondary N) is 2. The Morgan fingerprint density at radius 2 is 1.96 bits per heavy atom. The van der Waals surface area contributed by atoms with E-state index in [0.29, 0.717) is 22.3 Å². The number of imidazole rings is 1. The smallest absolute Gasteiger partial charge is 0.259 e. The molecule has 0 radical (unpaired) electrons. The maximum Gasteiger partial charge on any atom is 0.259 e. The van der Waals surface area contributed by atoms with Gasteiger partial charge in [-0.25, -0.2) is 9.37 Å². The van der Waals surface area contributed by atoms with Crippen LogP contribution in [-0.4, -0.2) is 19.9 Å². The van der Waals surface area contributed by atoms with Crippen LogP contribution in [0.25, 0.3) is 33.5 Å². The minimum absolute atomic E-state index is 0.281. The molecule has 0 aliphatic heterocycles. The first-order valence-corrected chi connectivity index (χ1v) is 6.99. The van der Waals surface area contributed by atoms with Crippen LogP contribution in [-0.2, 0) is 0 Å². The average molecular weight is 306 g/mol. The SMILES string of the molecule is O=c1[nH]c2ccc(F)cc2cc1-c1ncc(-c2cccnc2)[nH]1. The minimum Gasteiger partial charge on any atom is -0.338 e. The molecule has 112 valence electrons. The number of H-pyrrole nitrogens is 2. The molecule has 5 nitrogen and oxygen atoms in total. The zero-order valence-corrected chi connectivity index (χ0v) is 11.9. The molecule has 0 bridgehead atoms. The van der Waals surface area contributed by atoms with Crippen LogP contribution in [0, 0.1) is 5.82 Å². The number of benzene rings is 1. The number of pyridine rings is 2. The van der Waals surface area contributed by atoms with Crippen LogP contribution in [0.15, 0.2) is 59.8 Å². The van der Waals surface area contributed by atoms with E-state index < -0.39 is 0 Å². The highest BCUT2D eigenvalue weighted by Crippen LogP contribution is 2.21. The largest absolute Gasteiger partial charge is 0.338 e. The van der Waals surface area contributed by atoms with Gasteiger partial charge in [-0.05, 0) is 36.4 Å². The van der Waals surface area contributed by atoms with Crippen LogP contribution in [0.1, 0.15) is 0 Å². The summed E-state index contributed by atoms with van der Waals surface area (Å²) in [6.45, 7) is 0. The van der Waals surface area contributed by atoms with Gasteiger partial charge in [0.25, 0.3) is 5.56 Å². The third-order valence-corrected chi connectivity index (χ3v) is 3.61. The van der Waals surface area contributed by atoms with Crippen molar-refractivity contribution < 1.29 is 4.39 Å². The number of hydrogen-bond donors (Lipinski definition) is 2. The highest BCUT2D eigenvalue weighted by Gasteiger charge is 2.11. The summed E-state index contributed by atoms with van der Waals surface area (Å²) in [5, 5.41) is 0.610. The second kappa shape index (κ2) is 5.17. The van der Waals surface area contributed by atoms with Gasteiger partial charge in [0.1, 0.15) is 11.6 Å². The minimum atomic E-state index is -0.356. The number of hydrogen-bond acceptors (Lipinski definition) is 3. The Morgan fingerprint density at radius 3 is 2.78 bits per heavy atom. The first-order chi connectivity index (χ1) is 11.2. The summed E-state index contributed by atoms with van der Waals surface area (Å²) < 4.78 is 13.4. The van der Waals surface area contributed by atoms with Crippen LogP contribution in [0.3, 0.4) is 0 Å². The van der Waals surface area contributed by atoms with E-state index in [1.54, 1.807) is 30.7 Å². The van der Waals surface area contributed by atoms with Crippen LogP contribution >= 0.6 is 0 Å². The molecule has 23 heavy (non-hydrogen) atoms. The normalized spacial score (nSPS) is 11.0. The van der Waals surface area contributed by atoms with Crippen LogP contribution in [0.5, 0.6) is 0 Å². The van der Waals surface area contributed by atoms with Gasteiger partial charge in [-0.3, -0.25) is 9.78 Å². The molecular formula is C17H11FN4O. The summed E-state index contributed by atoms with van der Waals surface area (Å²) >= 11 is 0. The molecular weight excluding hydrogens is 295 g/mol. The van der Waals surface area contributed by atoms with E-state index in [0.717, 1.165) is 11.3 Å². The average Bonchev–Trinajstić information content (AvgIpc) is 3.05. The molecule has 0 unspecified atom stereocenters. The van der Waals surface area contributed by atoms with Gasteiger partial charge in [-0.15, -0.1) is 0 Å². The van der Waals surface area contributed by atoms with E-state index in [2.05, 4.69) is 19.9 Å². The molecule has 0 atom stereocenters. The number of halogens is 1. The second-order valence-electron chi connectivity index (χ2n) is 5.13. The van der Waals surface area contributed by atoms with Crippen molar-refractivity contribution >= 4 is 10.9 Å². The van der Waals surface area contributed by atoms with Crippen molar-refractivity contribution in [3.63, 3.8) is 0 Å². The van der Waals surface area contributed by atoms with Crippen LogP contribution in [0.2, 0.25) is 0 Å². The zero-order chi connectivity index (χ0) is 15.8. The molecule has 2 N–H and O–H groups in total. The van der Waals surface area contributed by atoms with E-state index in [1.807, 2.05) is 12.1 Å². The molecule has 0 aliphatic carbocycles. The van der Waals surface area contributed by atoms with Gasteiger partial charge >= 0.3 is 0 Å². The van der Waals surface area contributed by atoms with E-state index in [1.165, 1.54) is 12.1 Å². The lowest BCUT2D eigenvalue weighted by molar-refractivity contribution is 0.629.